The van der Waals surface area contributed by atoms with Crippen LogP contribution in [-0.4, -0.2) is 67.3 Å². The standard InChI is InChI=1S/C35H33F4N5O3S/c36-29-12-14-30(15-13-29)48(46,47)44-16-4-7-32(44)34(45)40-23-26-21-31(27-8-10-28(11-9-27)35(37,38)39)41-33(22-26)43-19-17-42(18-20-43)24-25-5-2-1-3-6-25/h1-15,21-22,32H,16-20,23-24H2,(H,40,45). The van der Waals surface area contributed by atoms with E-state index in [0.29, 0.717) is 35.7 Å². The van der Waals surface area contributed by atoms with Crippen molar-refractivity contribution in [2.75, 3.05) is 37.6 Å². The number of alkyl halides is 3. The Bertz CT molecular complexity index is 1880. The van der Waals surface area contributed by atoms with Crippen LogP contribution in [0.5, 0.6) is 0 Å². The summed E-state index contributed by atoms with van der Waals surface area (Å²) in [5.41, 5.74) is 2.01. The summed E-state index contributed by atoms with van der Waals surface area (Å²) < 4.78 is 80.7. The minimum absolute atomic E-state index is 0.0186. The third-order valence-corrected chi connectivity index (χ3v) is 10.3. The zero-order valence-corrected chi connectivity index (χ0v) is 26.6. The number of piperazine rings is 1. The first-order valence-electron chi connectivity index (χ1n) is 15.4. The van der Waals surface area contributed by atoms with Crippen LogP contribution >= 0.6 is 0 Å². The second-order valence-corrected chi connectivity index (χ2v) is 13.6. The molecular weight excluding hydrogens is 646 g/mol. The molecule has 1 N–H and O–H groups in total. The first-order chi connectivity index (χ1) is 23.0. The molecule has 250 valence electrons. The Morgan fingerprint density at radius 1 is 0.875 bits per heavy atom. The molecule has 6 rings (SSSR count). The van der Waals surface area contributed by atoms with Crippen LogP contribution in [0, 0.1) is 5.82 Å². The van der Waals surface area contributed by atoms with E-state index >= 15 is 0 Å². The van der Waals surface area contributed by atoms with Crippen LogP contribution in [0.3, 0.4) is 0 Å². The number of anilines is 1. The Hall–Kier alpha value is -4.59. The van der Waals surface area contributed by atoms with Gasteiger partial charge in [0.1, 0.15) is 17.7 Å². The van der Waals surface area contributed by atoms with Gasteiger partial charge >= 0.3 is 6.18 Å². The summed E-state index contributed by atoms with van der Waals surface area (Å²) in [6, 6.07) is 21.7. The molecule has 1 saturated heterocycles. The number of hydrogen-bond donors (Lipinski definition) is 1. The summed E-state index contributed by atoms with van der Waals surface area (Å²) in [5, 5.41) is 2.82. The molecule has 0 radical (unpaired) electrons. The zero-order chi connectivity index (χ0) is 33.9. The predicted octanol–water partition coefficient (Wildman–Crippen LogP) is 5.47. The minimum atomic E-state index is -4.48. The van der Waals surface area contributed by atoms with Crippen molar-refractivity contribution >= 4 is 21.7 Å². The molecule has 1 aromatic heterocycles. The molecule has 13 heteroatoms. The van der Waals surface area contributed by atoms with E-state index in [9.17, 15) is 30.8 Å². The Morgan fingerprint density at radius 3 is 2.23 bits per heavy atom. The fourth-order valence-electron chi connectivity index (χ4n) is 5.79. The highest BCUT2D eigenvalue weighted by Crippen LogP contribution is 2.32. The number of nitrogens with one attached hydrogen (secondary N) is 1. The van der Waals surface area contributed by atoms with Gasteiger partial charge in [0.25, 0.3) is 0 Å². The van der Waals surface area contributed by atoms with Gasteiger partial charge < -0.3 is 10.2 Å². The number of amides is 1. The van der Waals surface area contributed by atoms with Crippen molar-refractivity contribution in [1.82, 2.24) is 19.5 Å². The van der Waals surface area contributed by atoms with Crippen molar-refractivity contribution in [3.63, 3.8) is 0 Å². The van der Waals surface area contributed by atoms with Gasteiger partial charge in [0, 0.05) is 51.4 Å². The first-order valence-corrected chi connectivity index (χ1v) is 16.8. The number of hydrogen-bond acceptors (Lipinski definition) is 6. The van der Waals surface area contributed by atoms with E-state index in [1.54, 1.807) is 12.1 Å². The maximum atomic E-state index is 13.4. The first kappa shape index (κ1) is 33.3. The molecule has 0 bridgehead atoms. The van der Waals surface area contributed by atoms with Crippen molar-refractivity contribution in [3.8, 4) is 11.3 Å². The number of carbonyl (C=O) groups excluding carboxylic acids is 1. The molecule has 48 heavy (non-hydrogen) atoms. The van der Waals surface area contributed by atoms with Gasteiger partial charge in [-0.25, -0.2) is 17.8 Å². The van der Waals surface area contributed by atoms with E-state index in [-0.39, 0.29) is 18.0 Å². The molecule has 0 saturated carbocycles. The molecule has 2 aliphatic heterocycles. The van der Waals surface area contributed by atoms with Crippen molar-refractivity contribution in [2.45, 2.75) is 30.2 Å². The number of aromatic nitrogens is 1. The lowest BCUT2D eigenvalue weighted by Crippen LogP contribution is -2.46. The smallest absolute Gasteiger partial charge is 0.354 e. The fraction of sp³-hybridized carbons (Fsp3) is 0.257. The van der Waals surface area contributed by atoms with E-state index in [2.05, 4.69) is 27.2 Å². The largest absolute Gasteiger partial charge is 0.416 e. The van der Waals surface area contributed by atoms with Gasteiger partial charge in [-0.15, -0.1) is 0 Å². The number of nitrogens with zero attached hydrogens (tertiary/aromatic N) is 4. The van der Waals surface area contributed by atoms with Gasteiger partial charge in [-0.05, 0) is 59.7 Å². The highest BCUT2D eigenvalue weighted by atomic mass is 32.2. The number of carbonyl (C=O) groups is 1. The summed E-state index contributed by atoms with van der Waals surface area (Å²) in [5.74, 6) is -0.514. The number of rotatable bonds is 9. The number of sulfonamides is 1. The minimum Gasteiger partial charge on any atom is -0.354 e. The molecule has 2 aliphatic rings. The fourth-order valence-corrected chi connectivity index (χ4v) is 7.29. The highest BCUT2D eigenvalue weighted by molar-refractivity contribution is 7.89. The van der Waals surface area contributed by atoms with E-state index in [1.165, 1.54) is 23.8 Å². The van der Waals surface area contributed by atoms with E-state index < -0.39 is 39.5 Å². The molecule has 4 aromatic rings. The second-order valence-electron chi connectivity index (χ2n) is 11.7. The monoisotopic (exact) mass is 679 g/mol. The number of benzene rings is 3. The topological polar surface area (TPSA) is 85.8 Å². The SMILES string of the molecule is O=C(NCc1cc(-c2ccc(C(F)(F)F)cc2)nc(N2CCN(Cc3ccccc3)CC2)c1)C1C=CCN1S(=O)(=O)c1ccc(F)cc1. The zero-order valence-electron chi connectivity index (χ0n) is 25.8. The normalized spacial score (nSPS) is 17.5. The summed E-state index contributed by atoms with van der Waals surface area (Å²) in [4.78, 5) is 22.5. The third-order valence-electron chi connectivity index (χ3n) is 8.39. The van der Waals surface area contributed by atoms with Crippen LogP contribution in [0.25, 0.3) is 11.3 Å². The Labute approximate surface area is 276 Å². The summed E-state index contributed by atoms with van der Waals surface area (Å²) in [7, 11) is -4.09. The third kappa shape index (κ3) is 7.59. The average molecular weight is 680 g/mol. The molecule has 0 spiro atoms. The quantitative estimate of drug-likeness (QED) is 0.187. The Morgan fingerprint density at radius 2 is 1.56 bits per heavy atom. The molecule has 0 aliphatic carbocycles. The molecule has 3 aromatic carbocycles. The summed E-state index contributed by atoms with van der Waals surface area (Å²) in [6.07, 6.45) is -1.40. The lowest BCUT2D eigenvalue weighted by molar-refractivity contribution is -0.137. The second kappa shape index (κ2) is 13.9. The van der Waals surface area contributed by atoms with Crippen LogP contribution in [-0.2, 0) is 34.1 Å². The van der Waals surface area contributed by atoms with Gasteiger partial charge in [0.05, 0.1) is 16.2 Å². The maximum absolute atomic E-state index is 13.4. The van der Waals surface area contributed by atoms with Crippen LogP contribution in [0.4, 0.5) is 23.4 Å². The molecule has 1 fully saturated rings. The predicted molar refractivity (Wildman–Crippen MR) is 174 cm³/mol. The van der Waals surface area contributed by atoms with Crippen LogP contribution in [0.1, 0.15) is 16.7 Å². The Balaban J connectivity index is 1.20. The number of halogens is 4. The molecule has 1 amide bonds. The summed E-state index contributed by atoms with van der Waals surface area (Å²) >= 11 is 0. The van der Waals surface area contributed by atoms with Crippen LogP contribution in [0.15, 0.2) is 108 Å². The Kier molecular flexibility index (Phi) is 9.63. The van der Waals surface area contributed by atoms with Crippen molar-refractivity contribution < 1.29 is 30.8 Å². The van der Waals surface area contributed by atoms with Gasteiger partial charge in [0.2, 0.25) is 15.9 Å². The van der Waals surface area contributed by atoms with Gasteiger partial charge in [-0.3, -0.25) is 9.69 Å². The van der Waals surface area contributed by atoms with E-state index in [0.717, 1.165) is 60.3 Å². The molecule has 8 nitrogen and oxygen atoms in total. The van der Waals surface area contributed by atoms with E-state index in [1.807, 2.05) is 24.3 Å². The van der Waals surface area contributed by atoms with Crippen molar-refractivity contribution in [3.05, 3.63) is 126 Å². The molecule has 3 heterocycles. The van der Waals surface area contributed by atoms with Crippen molar-refractivity contribution in [2.24, 2.45) is 0 Å². The summed E-state index contributed by atoms with van der Waals surface area (Å²) in [6.45, 7) is 3.71. The van der Waals surface area contributed by atoms with Gasteiger partial charge in [-0.2, -0.15) is 17.5 Å². The average Bonchev–Trinajstić information content (AvgIpc) is 3.59. The van der Waals surface area contributed by atoms with Gasteiger partial charge in [0.15, 0.2) is 0 Å². The highest BCUT2D eigenvalue weighted by Gasteiger charge is 2.36. The lowest BCUT2D eigenvalue weighted by atomic mass is 10.1. The van der Waals surface area contributed by atoms with Crippen LogP contribution in [0.2, 0.25) is 0 Å². The molecule has 1 unspecified atom stereocenters. The number of pyridine rings is 1. The lowest BCUT2D eigenvalue weighted by Gasteiger charge is -2.35. The van der Waals surface area contributed by atoms with Crippen molar-refractivity contribution in [1.29, 1.82) is 0 Å². The molecule has 1 atom stereocenters. The maximum Gasteiger partial charge on any atom is 0.416 e. The van der Waals surface area contributed by atoms with E-state index in [4.69, 9.17) is 4.98 Å². The van der Waals surface area contributed by atoms with Gasteiger partial charge in [-0.1, -0.05) is 54.6 Å². The van der Waals surface area contributed by atoms with Crippen LogP contribution < -0.4 is 10.2 Å². The molecular formula is C35H33F4N5O3S.